The average molecular weight is 360 g/mol. The molecule has 1 aromatic heterocycles. The summed E-state index contributed by atoms with van der Waals surface area (Å²) in [5, 5.41) is 14.9. The van der Waals surface area contributed by atoms with Gasteiger partial charge >= 0.3 is 0 Å². The zero-order valence-electron chi connectivity index (χ0n) is 14.2. The Morgan fingerprint density at radius 3 is 2.48 bits per heavy atom. The normalized spacial score (nSPS) is 22.2. The second-order valence-corrected chi connectivity index (χ2v) is 7.42. The van der Waals surface area contributed by atoms with Gasteiger partial charge in [-0.2, -0.15) is 0 Å². The van der Waals surface area contributed by atoms with Crippen molar-refractivity contribution in [3.63, 3.8) is 0 Å². The molecule has 1 unspecified atom stereocenters. The van der Waals surface area contributed by atoms with E-state index in [0.29, 0.717) is 22.0 Å². The highest BCUT2D eigenvalue weighted by molar-refractivity contribution is 6.30. The first-order valence-corrected chi connectivity index (χ1v) is 8.28. The van der Waals surface area contributed by atoms with Gasteiger partial charge in [0.2, 0.25) is 0 Å². The van der Waals surface area contributed by atoms with Crippen molar-refractivity contribution >= 4 is 28.9 Å². The molecule has 1 aromatic carbocycles. The Bertz CT molecular complexity index is 877. The fourth-order valence-corrected chi connectivity index (χ4v) is 3.40. The van der Waals surface area contributed by atoms with E-state index in [0.717, 1.165) is 0 Å². The number of aryl methyl sites for hydroxylation is 1. The van der Waals surface area contributed by atoms with Gasteiger partial charge in [0, 0.05) is 23.1 Å². The average Bonchev–Trinajstić information content (AvgIpc) is 2.92. The van der Waals surface area contributed by atoms with Crippen LogP contribution >= 0.6 is 11.6 Å². The number of aliphatic hydroxyl groups is 1. The predicted octanol–water partition coefficient (Wildman–Crippen LogP) is 4.26. The number of carbonyl (C=O) groups is 2. The van der Waals surface area contributed by atoms with Crippen LogP contribution in [0, 0.1) is 12.3 Å². The number of allylic oxidation sites excluding steroid dienone is 1. The molecule has 1 heterocycles. The number of hydrogen-bond donors (Lipinski definition) is 1. The number of ketones is 2. The summed E-state index contributed by atoms with van der Waals surface area (Å²) in [6.45, 7) is 5.43. The van der Waals surface area contributed by atoms with Crippen molar-refractivity contribution < 1.29 is 19.2 Å². The van der Waals surface area contributed by atoms with E-state index in [1.54, 1.807) is 37.3 Å². The number of benzene rings is 1. The molecule has 5 nitrogen and oxygen atoms in total. The maximum atomic E-state index is 13.1. The van der Waals surface area contributed by atoms with E-state index < -0.39 is 17.1 Å². The van der Waals surface area contributed by atoms with E-state index >= 15 is 0 Å². The molecule has 0 radical (unpaired) electrons. The number of aliphatic hydroxyl groups excluding tert-OH is 1. The monoisotopic (exact) mass is 359 g/mol. The van der Waals surface area contributed by atoms with E-state index in [4.69, 9.17) is 16.1 Å². The van der Waals surface area contributed by atoms with Crippen molar-refractivity contribution in [3.05, 3.63) is 57.9 Å². The number of rotatable bonds is 2. The molecule has 1 saturated carbocycles. The maximum Gasteiger partial charge on any atom is 0.181 e. The number of hydrogen-bond acceptors (Lipinski definition) is 5. The Morgan fingerprint density at radius 2 is 1.92 bits per heavy atom. The molecule has 25 heavy (non-hydrogen) atoms. The van der Waals surface area contributed by atoms with Gasteiger partial charge in [0.05, 0.1) is 11.6 Å². The molecule has 130 valence electrons. The SMILES string of the molecule is Cc1cc(C2C(=O)C(=C(O)c3ccc(Cl)cc3)C(=O)CC2(C)C)on1. The number of carbonyl (C=O) groups excluding carboxylic acids is 2. The lowest BCUT2D eigenvalue weighted by atomic mass is 9.64. The van der Waals surface area contributed by atoms with Crippen molar-refractivity contribution in [3.8, 4) is 0 Å². The van der Waals surface area contributed by atoms with Crippen LogP contribution in [0.5, 0.6) is 0 Å². The second kappa shape index (κ2) is 6.15. The first-order valence-electron chi connectivity index (χ1n) is 7.90. The Labute approximate surface area is 150 Å². The summed E-state index contributed by atoms with van der Waals surface area (Å²) in [6.07, 6.45) is 0.121. The number of aromatic nitrogens is 1. The van der Waals surface area contributed by atoms with Crippen molar-refractivity contribution in [2.24, 2.45) is 5.41 Å². The fourth-order valence-electron chi connectivity index (χ4n) is 3.28. The third-order valence-electron chi connectivity index (χ3n) is 4.47. The van der Waals surface area contributed by atoms with Gasteiger partial charge in [-0.3, -0.25) is 9.59 Å². The van der Waals surface area contributed by atoms with Gasteiger partial charge in [-0.15, -0.1) is 0 Å². The van der Waals surface area contributed by atoms with E-state index in [2.05, 4.69) is 5.16 Å². The lowest BCUT2D eigenvalue weighted by Gasteiger charge is -2.36. The fraction of sp³-hybridized carbons (Fsp3) is 0.316. The van der Waals surface area contributed by atoms with Crippen LogP contribution < -0.4 is 0 Å². The summed E-state index contributed by atoms with van der Waals surface area (Å²) >= 11 is 5.85. The minimum Gasteiger partial charge on any atom is -0.506 e. The molecule has 0 saturated heterocycles. The zero-order valence-corrected chi connectivity index (χ0v) is 14.9. The number of nitrogens with zero attached hydrogens (tertiary/aromatic N) is 1. The van der Waals surface area contributed by atoms with Gasteiger partial charge < -0.3 is 9.63 Å². The molecule has 2 aromatic rings. The molecule has 0 spiro atoms. The lowest BCUT2D eigenvalue weighted by Crippen LogP contribution is -2.40. The molecule has 1 atom stereocenters. The highest BCUT2D eigenvalue weighted by Crippen LogP contribution is 2.46. The summed E-state index contributed by atoms with van der Waals surface area (Å²) in [5.41, 5.74) is 0.196. The number of halogens is 1. The number of Topliss-reactive ketones (excluding diaryl/α,β-unsaturated/α-hetero) is 2. The van der Waals surface area contributed by atoms with Crippen LogP contribution in [0.1, 0.15) is 43.2 Å². The van der Waals surface area contributed by atoms with Gasteiger partial charge in [-0.05, 0) is 36.6 Å². The van der Waals surface area contributed by atoms with Crippen LogP contribution in [0.4, 0.5) is 0 Å². The Balaban J connectivity index is 2.11. The van der Waals surface area contributed by atoms with Gasteiger partial charge in [0.1, 0.15) is 17.1 Å². The molecule has 0 amide bonds. The summed E-state index contributed by atoms with van der Waals surface area (Å²) in [6, 6.07) is 8.01. The second-order valence-electron chi connectivity index (χ2n) is 6.99. The minimum atomic E-state index is -0.684. The van der Waals surface area contributed by atoms with Crippen LogP contribution in [0.3, 0.4) is 0 Å². The predicted molar refractivity (Wildman–Crippen MR) is 93.4 cm³/mol. The molecule has 1 aliphatic carbocycles. The molecule has 1 fully saturated rings. The van der Waals surface area contributed by atoms with E-state index in [-0.39, 0.29) is 23.5 Å². The zero-order chi connectivity index (χ0) is 18.4. The van der Waals surface area contributed by atoms with Crippen LogP contribution in [0.2, 0.25) is 5.02 Å². The lowest BCUT2D eigenvalue weighted by molar-refractivity contribution is -0.129. The highest BCUT2D eigenvalue weighted by Gasteiger charge is 2.48. The first-order chi connectivity index (χ1) is 11.7. The van der Waals surface area contributed by atoms with Crippen LogP contribution in [-0.4, -0.2) is 21.8 Å². The van der Waals surface area contributed by atoms with Crippen LogP contribution in [0.25, 0.3) is 5.76 Å². The summed E-state index contributed by atoms with van der Waals surface area (Å²) in [5.74, 6) is -1.44. The quantitative estimate of drug-likeness (QED) is 0.492. The molecule has 6 heteroatoms. The van der Waals surface area contributed by atoms with Gasteiger partial charge in [0.15, 0.2) is 11.6 Å². The van der Waals surface area contributed by atoms with Gasteiger partial charge in [0.25, 0.3) is 0 Å². The Morgan fingerprint density at radius 1 is 1.28 bits per heavy atom. The van der Waals surface area contributed by atoms with Gasteiger partial charge in [-0.1, -0.05) is 30.6 Å². The van der Waals surface area contributed by atoms with Crippen LogP contribution in [0.15, 0.2) is 40.4 Å². The molecule has 0 bridgehead atoms. The van der Waals surface area contributed by atoms with E-state index in [9.17, 15) is 14.7 Å². The summed E-state index contributed by atoms with van der Waals surface area (Å²) < 4.78 is 5.29. The van der Waals surface area contributed by atoms with Crippen molar-refractivity contribution in [1.29, 1.82) is 0 Å². The van der Waals surface area contributed by atoms with E-state index in [1.165, 1.54) is 0 Å². The third kappa shape index (κ3) is 3.12. The molecular weight excluding hydrogens is 342 g/mol. The smallest absolute Gasteiger partial charge is 0.181 e. The van der Waals surface area contributed by atoms with E-state index in [1.807, 2.05) is 13.8 Å². The molecule has 1 N–H and O–H groups in total. The largest absolute Gasteiger partial charge is 0.506 e. The third-order valence-corrected chi connectivity index (χ3v) is 4.72. The van der Waals surface area contributed by atoms with Crippen molar-refractivity contribution in [1.82, 2.24) is 5.16 Å². The van der Waals surface area contributed by atoms with Crippen molar-refractivity contribution in [2.45, 2.75) is 33.1 Å². The first kappa shape index (κ1) is 17.4. The van der Waals surface area contributed by atoms with Gasteiger partial charge in [-0.25, -0.2) is 0 Å². The Kier molecular flexibility index (Phi) is 4.29. The van der Waals surface area contributed by atoms with Crippen molar-refractivity contribution in [2.75, 3.05) is 0 Å². The molecular formula is C19H18ClNO4. The summed E-state index contributed by atoms with van der Waals surface area (Å²) in [7, 11) is 0. The standard InChI is InChI=1S/C19H18ClNO4/c1-10-8-14(25-21-10)16-18(24)15(13(22)9-19(16,2)3)17(23)11-4-6-12(20)7-5-11/h4-8,16,23H,9H2,1-3H3. The molecule has 3 rings (SSSR count). The minimum absolute atomic E-state index is 0.121. The molecule has 0 aliphatic heterocycles. The maximum absolute atomic E-state index is 13.1. The Hall–Kier alpha value is -2.40. The van der Waals surface area contributed by atoms with Crippen LogP contribution in [-0.2, 0) is 9.59 Å². The molecule has 1 aliphatic rings. The topological polar surface area (TPSA) is 80.4 Å². The summed E-state index contributed by atoms with van der Waals surface area (Å²) in [4.78, 5) is 25.7. The highest BCUT2D eigenvalue weighted by atomic mass is 35.5.